The number of fused-ring (bicyclic) bond motifs is 1. The van der Waals surface area contributed by atoms with Crippen molar-refractivity contribution in [1.29, 1.82) is 0 Å². The molecule has 0 bridgehead atoms. The normalized spacial score (nSPS) is 16.4. The van der Waals surface area contributed by atoms with Gasteiger partial charge in [-0.15, -0.1) is 0 Å². The summed E-state index contributed by atoms with van der Waals surface area (Å²) in [6, 6.07) is 13.3. The molecule has 1 atom stereocenters. The maximum Gasteiger partial charge on any atom is 0.339 e. The number of nitrogens with one attached hydrogen (secondary N) is 2. The molecule has 0 saturated carbocycles. The Morgan fingerprint density at radius 3 is 2.48 bits per heavy atom. The van der Waals surface area contributed by atoms with Crippen LogP contribution in [-0.4, -0.2) is 54.8 Å². The number of imidazole rings is 1. The molecule has 1 fully saturated rings. The van der Waals surface area contributed by atoms with Gasteiger partial charge in [-0.2, -0.15) is 4.31 Å². The molecule has 3 aromatic rings. The summed E-state index contributed by atoms with van der Waals surface area (Å²) in [5.41, 5.74) is 1.73. The van der Waals surface area contributed by atoms with Gasteiger partial charge < -0.3 is 15.0 Å². The first-order valence-corrected chi connectivity index (χ1v) is 12.2. The van der Waals surface area contributed by atoms with Gasteiger partial charge in [0.2, 0.25) is 15.9 Å². The summed E-state index contributed by atoms with van der Waals surface area (Å²) in [7, 11) is -2.68. The molecule has 1 aliphatic rings. The third-order valence-corrected chi connectivity index (χ3v) is 7.87. The van der Waals surface area contributed by atoms with Crippen molar-refractivity contribution >= 4 is 32.9 Å². The summed E-state index contributed by atoms with van der Waals surface area (Å²) >= 11 is 0. The predicted molar refractivity (Wildman–Crippen MR) is 122 cm³/mol. The van der Waals surface area contributed by atoms with E-state index in [4.69, 9.17) is 4.74 Å². The van der Waals surface area contributed by atoms with Crippen LogP contribution in [0.5, 0.6) is 0 Å². The zero-order valence-corrected chi connectivity index (χ0v) is 19.3. The fourth-order valence-electron chi connectivity index (χ4n) is 4.04. The Morgan fingerprint density at radius 2 is 1.79 bits per heavy atom. The van der Waals surface area contributed by atoms with Crippen LogP contribution in [0.2, 0.25) is 0 Å². The summed E-state index contributed by atoms with van der Waals surface area (Å²) in [5, 5.41) is 2.98. The Bertz CT molecular complexity index is 1250. The van der Waals surface area contributed by atoms with Crippen LogP contribution in [0.25, 0.3) is 11.0 Å². The van der Waals surface area contributed by atoms with E-state index in [0.717, 1.165) is 11.0 Å². The van der Waals surface area contributed by atoms with Crippen LogP contribution in [0.15, 0.2) is 53.4 Å². The highest BCUT2D eigenvalue weighted by molar-refractivity contribution is 7.89. The number of aromatic amines is 1. The van der Waals surface area contributed by atoms with E-state index < -0.39 is 16.0 Å². The number of ether oxygens (including phenoxy) is 1. The molecule has 0 unspecified atom stereocenters. The lowest BCUT2D eigenvalue weighted by atomic mass is 9.97. The predicted octanol–water partition coefficient (Wildman–Crippen LogP) is 2.63. The number of para-hydroxylation sites is 2. The largest absolute Gasteiger partial charge is 0.465 e. The monoisotopic (exact) mass is 470 g/mol. The second-order valence-electron chi connectivity index (χ2n) is 8.04. The SMILES string of the molecule is COC(=O)c1ccccc1S(=O)(=O)N1CCC(C(=O)N[C@@H](C)c2nc3ccccc3[nH]2)CC1. The van der Waals surface area contributed by atoms with Gasteiger partial charge in [0.05, 0.1) is 34.6 Å². The summed E-state index contributed by atoms with van der Waals surface area (Å²) in [6.45, 7) is 2.24. The highest BCUT2D eigenvalue weighted by Gasteiger charge is 2.34. The van der Waals surface area contributed by atoms with E-state index in [1.54, 1.807) is 12.1 Å². The second-order valence-corrected chi connectivity index (χ2v) is 9.94. The molecule has 2 aromatic carbocycles. The van der Waals surface area contributed by atoms with Crippen LogP contribution in [0, 0.1) is 5.92 Å². The smallest absolute Gasteiger partial charge is 0.339 e. The molecule has 1 aromatic heterocycles. The Morgan fingerprint density at radius 1 is 1.12 bits per heavy atom. The number of piperidine rings is 1. The lowest BCUT2D eigenvalue weighted by Gasteiger charge is -2.31. The summed E-state index contributed by atoms with van der Waals surface area (Å²) in [4.78, 5) is 32.5. The minimum atomic E-state index is -3.89. The highest BCUT2D eigenvalue weighted by Crippen LogP contribution is 2.27. The number of rotatable bonds is 6. The number of carbonyl (C=O) groups is 2. The third kappa shape index (κ3) is 4.62. The van der Waals surface area contributed by atoms with Gasteiger partial charge in [0.1, 0.15) is 5.82 Å². The first-order valence-electron chi connectivity index (χ1n) is 10.7. The van der Waals surface area contributed by atoms with Crippen molar-refractivity contribution in [2.24, 2.45) is 5.92 Å². The molecule has 1 saturated heterocycles. The zero-order valence-electron chi connectivity index (χ0n) is 18.4. The number of carbonyl (C=O) groups excluding carboxylic acids is 2. The number of esters is 1. The van der Waals surface area contributed by atoms with Crippen LogP contribution in [0.1, 0.15) is 42.0 Å². The average molecular weight is 471 g/mol. The maximum absolute atomic E-state index is 13.2. The standard InChI is InChI=1S/C23H26N4O5S/c1-15(21-25-18-8-4-5-9-19(18)26-21)24-22(28)16-11-13-27(14-12-16)33(30,31)20-10-6-3-7-17(20)23(29)32-2/h3-10,15-16H,11-14H2,1-2H3,(H,24,28)(H,25,26)/t15-/m0/s1. The molecule has 0 aliphatic carbocycles. The van der Waals surface area contributed by atoms with Gasteiger partial charge in [-0.05, 0) is 44.0 Å². The van der Waals surface area contributed by atoms with E-state index in [-0.39, 0.29) is 41.4 Å². The second kappa shape index (κ2) is 9.32. The molecule has 2 heterocycles. The van der Waals surface area contributed by atoms with Crippen molar-refractivity contribution in [2.45, 2.75) is 30.7 Å². The van der Waals surface area contributed by atoms with Gasteiger partial charge in [-0.1, -0.05) is 24.3 Å². The van der Waals surface area contributed by atoms with Crippen molar-refractivity contribution in [2.75, 3.05) is 20.2 Å². The molecule has 1 aliphatic heterocycles. The topological polar surface area (TPSA) is 121 Å². The molecule has 9 nitrogen and oxygen atoms in total. The molecule has 0 spiro atoms. The molecular formula is C23H26N4O5S. The first kappa shape index (κ1) is 22.9. The highest BCUT2D eigenvalue weighted by atomic mass is 32.2. The minimum absolute atomic E-state index is 0.000439. The van der Waals surface area contributed by atoms with Crippen LogP contribution in [-0.2, 0) is 19.6 Å². The number of hydrogen-bond acceptors (Lipinski definition) is 6. The lowest BCUT2D eigenvalue weighted by Crippen LogP contribution is -2.43. The Hall–Kier alpha value is -3.24. The number of aromatic nitrogens is 2. The number of sulfonamides is 1. The number of benzene rings is 2. The van der Waals surface area contributed by atoms with E-state index in [0.29, 0.717) is 18.7 Å². The molecule has 0 radical (unpaired) electrons. The van der Waals surface area contributed by atoms with Crippen LogP contribution in [0.3, 0.4) is 0 Å². The van der Waals surface area contributed by atoms with E-state index in [9.17, 15) is 18.0 Å². The van der Waals surface area contributed by atoms with Crippen molar-refractivity contribution in [1.82, 2.24) is 19.6 Å². The molecule has 10 heteroatoms. The summed E-state index contributed by atoms with van der Waals surface area (Å²) in [5.74, 6) is -0.471. The van der Waals surface area contributed by atoms with Gasteiger partial charge in [-0.3, -0.25) is 4.79 Å². The van der Waals surface area contributed by atoms with Crippen LogP contribution < -0.4 is 5.32 Å². The number of hydrogen-bond donors (Lipinski definition) is 2. The Balaban J connectivity index is 1.40. The maximum atomic E-state index is 13.2. The van der Waals surface area contributed by atoms with E-state index in [1.165, 1.54) is 23.5 Å². The van der Waals surface area contributed by atoms with Crippen molar-refractivity contribution < 1.29 is 22.7 Å². The van der Waals surface area contributed by atoms with Crippen LogP contribution in [0.4, 0.5) is 0 Å². The van der Waals surface area contributed by atoms with E-state index >= 15 is 0 Å². The van der Waals surface area contributed by atoms with Gasteiger partial charge in [0.25, 0.3) is 0 Å². The van der Waals surface area contributed by atoms with Gasteiger partial charge in [0, 0.05) is 19.0 Å². The molecule has 174 valence electrons. The fourth-order valence-corrected chi connectivity index (χ4v) is 5.69. The van der Waals surface area contributed by atoms with Crippen molar-refractivity contribution in [3.63, 3.8) is 0 Å². The van der Waals surface area contributed by atoms with Crippen LogP contribution >= 0.6 is 0 Å². The average Bonchev–Trinajstić information content (AvgIpc) is 3.28. The molecule has 1 amide bonds. The van der Waals surface area contributed by atoms with Gasteiger partial charge in [-0.25, -0.2) is 18.2 Å². The number of amides is 1. The molecule has 2 N–H and O–H groups in total. The summed E-state index contributed by atoms with van der Waals surface area (Å²) < 4.78 is 32.4. The molecule has 4 rings (SSSR count). The van der Waals surface area contributed by atoms with Gasteiger partial charge in [0.15, 0.2) is 0 Å². The molecular weight excluding hydrogens is 444 g/mol. The summed E-state index contributed by atoms with van der Waals surface area (Å²) in [6.07, 6.45) is 0.774. The number of methoxy groups -OCH3 is 1. The third-order valence-electron chi connectivity index (χ3n) is 5.91. The van der Waals surface area contributed by atoms with Crippen molar-refractivity contribution in [3.8, 4) is 0 Å². The lowest BCUT2D eigenvalue weighted by molar-refractivity contribution is -0.126. The Labute approximate surface area is 192 Å². The van der Waals surface area contributed by atoms with E-state index in [2.05, 4.69) is 15.3 Å². The van der Waals surface area contributed by atoms with Crippen molar-refractivity contribution in [3.05, 3.63) is 59.9 Å². The Kier molecular flexibility index (Phi) is 6.48. The first-order chi connectivity index (χ1) is 15.8. The fraction of sp³-hybridized carbons (Fsp3) is 0.348. The quantitative estimate of drug-likeness (QED) is 0.534. The number of H-pyrrole nitrogens is 1. The van der Waals surface area contributed by atoms with E-state index in [1.807, 2.05) is 31.2 Å². The minimum Gasteiger partial charge on any atom is -0.465 e. The molecule has 33 heavy (non-hydrogen) atoms. The number of nitrogens with zero attached hydrogens (tertiary/aromatic N) is 2. The van der Waals surface area contributed by atoms with Gasteiger partial charge >= 0.3 is 5.97 Å². The zero-order chi connectivity index (χ0) is 23.6.